The van der Waals surface area contributed by atoms with E-state index in [1.807, 2.05) is 31.4 Å². The molecule has 0 radical (unpaired) electrons. The highest BCUT2D eigenvalue weighted by Gasteiger charge is 2.48. The monoisotopic (exact) mass is 429 g/mol. The summed E-state index contributed by atoms with van der Waals surface area (Å²) < 4.78 is 13.1. The van der Waals surface area contributed by atoms with Crippen molar-refractivity contribution in [2.75, 3.05) is 13.2 Å². The van der Waals surface area contributed by atoms with Crippen LogP contribution in [0.1, 0.15) is 76.2 Å². The molecule has 2 aliphatic rings. The van der Waals surface area contributed by atoms with Gasteiger partial charge in [0.05, 0.1) is 24.4 Å². The summed E-state index contributed by atoms with van der Waals surface area (Å²) in [6.45, 7) is 7.35. The summed E-state index contributed by atoms with van der Waals surface area (Å²) in [5.74, 6) is -0.186. The largest absolute Gasteiger partial charge is 0.463 e. The Balaban J connectivity index is 1.59. The van der Waals surface area contributed by atoms with Crippen molar-refractivity contribution in [1.29, 1.82) is 0 Å². The summed E-state index contributed by atoms with van der Waals surface area (Å²) in [4.78, 5) is 28.9. The van der Waals surface area contributed by atoms with Gasteiger partial charge in [-0.3, -0.25) is 9.59 Å². The average molecular weight is 430 g/mol. The van der Waals surface area contributed by atoms with Crippen LogP contribution in [0.25, 0.3) is 11.1 Å². The molecule has 2 aromatic heterocycles. The Kier molecular flexibility index (Phi) is 6.42. The first-order valence-electron chi connectivity index (χ1n) is 11.7. The number of nitrogens with zero attached hydrogens (tertiary/aromatic N) is 2. The van der Waals surface area contributed by atoms with Crippen molar-refractivity contribution >= 4 is 22.9 Å². The molecule has 1 atom stereocenters. The summed E-state index contributed by atoms with van der Waals surface area (Å²) in [6, 6.07) is 3.84. The lowest BCUT2D eigenvalue weighted by atomic mass is 9.93. The first-order chi connectivity index (χ1) is 14.9. The Bertz CT molecular complexity index is 923. The SMILES string of the molecule is CC(C)OCCCN1C(=O)c2cc3occc3n2C[C@]1(C)C(=O)NC1CCCCCC1. The van der Waals surface area contributed by atoms with E-state index in [0.29, 0.717) is 37.4 Å². The van der Waals surface area contributed by atoms with Crippen molar-refractivity contribution in [2.24, 2.45) is 0 Å². The fourth-order valence-electron chi connectivity index (χ4n) is 4.93. The first kappa shape index (κ1) is 21.9. The van der Waals surface area contributed by atoms with Crippen LogP contribution in [0.5, 0.6) is 0 Å². The molecule has 0 unspecified atom stereocenters. The first-order valence-corrected chi connectivity index (χ1v) is 11.7. The summed E-state index contributed by atoms with van der Waals surface area (Å²) in [7, 11) is 0. The van der Waals surface area contributed by atoms with Crippen LogP contribution in [0.15, 0.2) is 22.8 Å². The highest BCUT2D eigenvalue weighted by Crippen LogP contribution is 2.33. The topological polar surface area (TPSA) is 76.7 Å². The lowest BCUT2D eigenvalue weighted by Crippen LogP contribution is -2.65. The number of fused-ring (bicyclic) bond motifs is 3. The molecule has 1 aliphatic carbocycles. The molecular formula is C24H35N3O4. The van der Waals surface area contributed by atoms with Crippen LogP contribution in [0, 0.1) is 0 Å². The molecule has 31 heavy (non-hydrogen) atoms. The van der Waals surface area contributed by atoms with E-state index < -0.39 is 5.54 Å². The smallest absolute Gasteiger partial charge is 0.271 e. The van der Waals surface area contributed by atoms with Crippen molar-refractivity contribution in [3.8, 4) is 0 Å². The Morgan fingerprint density at radius 2 is 2.03 bits per heavy atom. The number of carbonyl (C=O) groups is 2. The highest BCUT2D eigenvalue weighted by atomic mass is 16.5. The second-order valence-electron chi connectivity index (χ2n) is 9.45. The molecule has 0 saturated heterocycles. The summed E-state index contributed by atoms with van der Waals surface area (Å²) in [5, 5.41) is 3.29. The van der Waals surface area contributed by atoms with Gasteiger partial charge in [-0.05, 0) is 40.0 Å². The minimum atomic E-state index is -0.961. The summed E-state index contributed by atoms with van der Waals surface area (Å²) in [6.07, 6.45) is 9.24. The van der Waals surface area contributed by atoms with Crippen LogP contribution in [-0.4, -0.2) is 52.1 Å². The van der Waals surface area contributed by atoms with Crippen molar-refractivity contribution in [3.05, 3.63) is 24.1 Å². The lowest BCUT2D eigenvalue weighted by Gasteiger charge is -2.44. The van der Waals surface area contributed by atoms with Gasteiger partial charge in [0.25, 0.3) is 5.91 Å². The quantitative estimate of drug-likeness (QED) is 0.531. The zero-order chi connectivity index (χ0) is 22.0. The lowest BCUT2D eigenvalue weighted by molar-refractivity contribution is -0.133. The van der Waals surface area contributed by atoms with Crippen LogP contribution in [0.4, 0.5) is 0 Å². The third-order valence-corrected chi connectivity index (χ3v) is 6.71. The van der Waals surface area contributed by atoms with Crippen molar-refractivity contribution < 1.29 is 18.7 Å². The molecule has 170 valence electrons. The van der Waals surface area contributed by atoms with Gasteiger partial charge in [0.1, 0.15) is 11.2 Å². The molecule has 1 fully saturated rings. The number of ether oxygens (including phenoxy) is 1. The average Bonchev–Trinajstić information content (AvgIpc) is 3.22. The summed E-state index contributed by atoms with van der Waals surface area (Å²) >= 11 is 0. The molecule has 0 spiro atoms. The van der Waals surface area contributed by atoms with Crippen LogP contribution in [-0.2, 0) is 16.1 Å². The van der Waals surface area contributed by atoms with Gasteiger partial charge >= 0.3 is 0 Å². The number of nitrogens with one attached hydrogen (secondary N) is 1. The number of amides is 2. The van der Waals surface area contributed by atoms with Crippen molar-refractivity contribution in [1.82, 2.24) is 14.8 Å². The minimum Gasteiger partial charge on any atom is -0.463 e. The fraction of sp³-hybridized carbons (Fsp3) is 0.667. The molecule has 3 heterocycles. The predicted octanol–water partition coefficient (Wildman–Crippen LogP) is 4.10. The van der Waals surface area contributed by atoms with E-state index in [9.17, 15) is 9.59 Å². The minimum absolute atomic E-state index is 0.0616. The normalized spacial score (nSPS) is 22.7. The number of rotatable bonds is 7. The molecule has 7 nitrogen and oxygen atoms in total. The van der Waals surface area contributed by atoms with Crippen LogP contribution in [0.3, 0.4) is 0 Å². The molecule has 0 bridgehead atoms. The predicted molar refractivity (Wildman–Crippen MR) is 119 cm³/mol. The van der Waals surface area contributed by atoms with Gasteiger partial charge < -0.3 is 23.9 Å². The van der Waals surface area contributed by atoms with Crippen LogP contribution < -0.4 is 5.32 Å². The molecule has 1 N–H and O–H groups in total. The number of hydrogen-bond acceptors (Lipinski definition) is 4. The van der Waals surface area contributed by atoms with E-state index in [4.69, 9.17) is 9.15 Å². The van der Waals surface area contributed by atoms with E-state index in [1.165, 1.54) is 12.8 Å². The van der Waals surface area contributed by atoms with E-state index in [0.717, 1.165) is 31.2 Å². The number of hydrogen-bond donors (Lipinski definition) is 1. The highest BCUT2D eigenvalue weighted by molar-refractivity contribution is 6.02. The maximum atomic E-state index is 13.6. The van der Waals surface area contributed by atoms with Crippen LogP contribution in [0.2, 0.25) is 0 Å². The Hall–Kier alpha value is -2.28. The van der Waals surface area contributed by atoms with E-state index in [1.54, 1.807) is 17.2 Å². The van der Waals surface area contributed by atoms with Crippen molar-refractivity contribution in [3.63, 3.8) is 0 Å². The van der Waals surface area contributed by atoms with Gasteiger partial charge in [-0.2, -0.15) is 0 Å². The zero-order valence-corrected chi connectivity index (χ0v) is 19.0. The Labute approximate surface area is 184 Å². The van der Waals surface area contributed by atoms with Gasteiger partial charge in [-0.1, -0.05) is 25.7 Å². The molecule has 1 saturated carbocycles. The van der Waals surface area contributed by atoms with Gasteiger partial charge in [0.2, 0.25) is 5.91 Å². The molecule has 2 amide bonds. The molecule has 0 aromatic carbocycles. The van der Waals surface area contributed by atoms with E-state index in [-0.39, 0.29) is 24.0 Å². The Morgan fingerprint density at radius 1 is 1.29 bits per heavy atom. The fourth-order valence-corrected chi connectivity index (χ4v) is 4.93. The van der Waals surface area contributed by atoms with E-state index in [2.05, 4.69) is 5.32 Å². The second-order valence-corrected chi connectivity index (χ2v) is 9.45. The van der Waals surface area contributed by atoms with Gasteiger partial charge in [0.15, 0.2) is 5.58 Å². The third kappa shape index (κ3) is 4.38. The Morgan fingerprint density at radius 3 is 2.74 bits per heavy atom. The zero-order valence-electron chi connectivity index (χ0n) is 19.0. The summed E-state index contributed by atoms with van der Waals surface area (Å²) in [5.41, 5.74) is 1.16. The molecule has 2 aromatic rings. The standard InChI is InChI=1S/C24H35N3O4/c1-17(2)30-13-8-12-27-22(28)20-15-21-19(11-14-31-21)26(20)16-24(27,3)23(29)25-18-9-6-4-5-7-10-18/h11,14-15,17-18H,4-10,12-13,16H2,1-3H3,(H,25,29)/t24-/m1/s1. The number of carbonyl (C=O) groups excluding carboxylic acids is 2. The molecule has 7 heteroatoms. The van der Waals surface area contributed by atoms with E-state index >= 15 is 0 Å². The van der Waals surface area contributed by atoms with Gasteiger partial charge in [-0.15, -0.1) is 0 Å². The second kappa shape index (κ2) is 9.07. The molecule has 4 rings (SSSR count). The maximum absolute atomic E-state index is 13.6. The third-order valence-electron chi connectivity index (χ3n) is 6.71. The molecule has 1 aliphatic heterocycles. The van der Waals surface area contributed by atoms with Crippen molar-refractivity contribution in [2.45, 2.75) is 89.9 Å². The van der Waals surface area contributed by atoms with Gasteiger partial charge in [0, 0.05) is 31.3 Å². The molecular weight excluding hydrogens is 394 g/mol. The van der Waals surface area contributed by atoms with Crippen LogP contribution >= 0.6 is 0 Å². The number of furan rings is 1. The maximum Gasteiger partial charge on any atom is 0.271 e. The van der Waals surface area contributed by atoms with Gasteiger partial charge in [-0.25, -0.2) is 0 Å². The number of aromatic nitrogens is 1.